The molecule has 1 heterocycles. The van der Waals surface area contributed by atoms with Gasteiger partial charge in [0.15, 0.2) is 0 Å². The van der Waals surface area contributed by atoms with Gasteiger partial charge in [-0.3, -0.25) is 10.1 Å². The van der Waals surface area contributed by atoms with Crippen LogP contribution in [0.1, 0.15) is 46.0 Å². The Bertz CT molecular complexity index is 221. The summed E-state index contributed by atoms with van der Waals surface area (Å²) in [4.78, 5) is 13.6. The normalized spacial score (nSPS) is 20.2. The SMILES string of the molecule is CCCCOCCCN1C(=O)CNC1CCC. The van der Waals surface area contributed by atoms with E-state index in [1.54, 1.807) is 0 Å². The van der Waals surface area contributed by atoms with Crippen LogP contribution in [0, 0.1) is 0 Å². The molecule has 1 aliphatic heterocycles. The molecule has 4 nitrogen and oxygen atoms in total. The van der Waals surface area contributed by atoms with Gasteiger partial charge < -0.3 is 9.64 Å². The fourth-order valence-electron chi connectivity index (χ4n) is 2.09. The summed E-state index contributed by atoms with van der Waals surface area (Å²) < 4.78 is 5.51. The molecule has 0 aromatic heterocycles. The van der Waals surface area contributed by atoms with Gasteiger partial charge in [0.05, 0.1) is 12.7 Å². The van der Waals surface area contributed by atoms with E-state index in [4.69, 9.17) is 4.74 Å². The number of ether oxygens (including phenoxy) is 1. The Balaban J connectivity index is 2.13. The second-order valence-electron chi connectivity index (χ2n) is 4.59. The third kappa shape index (κ3) is 5.04. The number of hydrogen-bond acceptors (Lipinski definition) is 3. The van der Waals surface area contributed by atoms with Gasteiger partial charge in [0.25, 0.3) is 0 Å². The van der Waals surface area contributed by atoms with Crippen molar-refractivity contribution in [3.05, 3.63) is 0 Å². The lowest BCUT2D eigenvalue weighted by atomic mass is 10.2. The van der Waals surface area contributed by atoms with Crippen LogP contribution >= 0.6 is 0 Å². The zero-order chi connectivity index (χ0) is 12.5. The largest absolute Gasteiger partial charge is 0.381 e. The summed E-state index contributed by atoms with van der Waals surface area (Å²) >= 11 is 0. The first kappa shape index (κ1) is 14.5. The van der Waals surface area contributed by atoms with Gasteiger partial charge in [-0.25, -0.2) is 0 Å². The van der Waals surface area contributed by atoms with E-state index in [2.05, 4.69) is 19.2 Å². The molecular weight excluding hydrogens is 216 g/mol. The maximum atomic E-state index is 11.6. The highest BCUT2D eigenvalue weighted by atomic mass is 16.5. The predicted octanol–water partition coefficient (Wildman–Crippen LogP) is 1.75. The molecule has 0 aromatic rings. The molecule has 0 radical (unpaired) electrons. The lowest BCUT2D eigenvalue weighted by molar-refractivity contribution is -0.128. The highest BCUT2D eigenvalue weighted by Crippen LogP contribution is 2.11. The zero-order valence-corrected chi connectivity index (χ0v) is 11.2. The number of rotatable bonds is 9. The van der Waals surface area contributed by atoms with Gasteiger partial charge in [0, 0.05) is 19.8 Å². The summed E-state index contributed by atoms with van der Waals surface area (Å²) in [6.45, 7) is 7.25. The maximum Gasteiger partial charge on any atom is 0.237 e. The van der Waals surface area contributed by atoms with E-state index in [0.717, 1.165) is 45.4 Å². The Hall–Kier alpha value is -0.610. The van der Waals surface area contributed by atoms with Crippen molar-refractivity contribution in [1.29, 1.82) is 0 Å². The molecule has 1 rings (SSSR count). The van der Waals surface area contributed by atoms with Gasteiger partial charge in [-0.1, -0.05) is 26.7 Å². The number of unbranched alkanes of at least 4 members (excludes halogenated alkanes) is 1. The van der Waals surface area contributed by atoms with Gasteiger partial charge in [0.2, 0.25) is 5.91 Å². The Labute approximate surface area is 105 Å². The van der Waals surface area contributed by atoms with E-state index in [-0.39, 0.29) is 12.1 Å². The van der Waals surface area contributed by atoms with Gasteiger partial charge in [-0.05, 0) is 19.3 Å². The van der Waals surface area contributed by atoms with Crippen molar-refractivity contribution in [2.75, 3.05) is 26.3 Å². The van der Waals surface area contributed by atoms with E-state index >= 15 is 0 Å². The summed E-state index contributed by atoms with van der Waals surface area (Å²) in [5.74, 6) is 0.233. The molecule has 17 heavy (non-hydrogen) atoms. The number of nitrogens with one attached hydrogen (secondary N) is 1. The minimum absolute atomic E-state index is 0.233. The van der Waals surface area contributed by atoms with Crippen molar-refractivity contribution in [1.82, 2.24) is 10.2 Å². The van der Waals surface area contributed by atoms with Crippen molar-refractivity contribution in [3.63, 3.8) is 0 Å². The average Bonchev–Trinajstić information content (AvgIpc) is 2.66. The monoisotopic (exact) mass is 242 g/mol. The molecule has 1 saturated heterocycles. The standard InChI is InChI=1S/C13H26N2O2/c1-3-5-9-17-10-6-8-15-12(7-4-2)14-11-13(15)16/h12,14H,3-11H2,1-2H3. The quantitative estimate of drug-likeness (QED) is 0.626. The van der Waals surface area contributed by atoms with E-state index in [1.165, 1.54) is 6.42 Å². The van der Waals surface area contributed by atoms with Crippen LogP contribution in [0.4, 0.5) is 0 Å². The van der Waals surface area contributed by atoms with Gasteiger partial charge in [-0.15, -0.1) is 0 Å². The van der Waals surface area contributed by atoms with E-state index in [1.807, 2.05) is 4.90 Å². The Morgan fingerprint density at radius 3 is 2.76 bits per heavy atom. The smallest absolute Gasteiger partial charge is 0.237 e. The second-order valence-corrected chi connectivity index (χ2v) is 4.59. The van der Waals surface area contributed by atoms with Gasteiger partial charge in [-0.2, -0.15) is 0 Å². The van der Waals surface area contributed by atoms with Crippen molar-refractivity contribution in [2.24, 2.45) is 0 Å². The number of carbonyl (C=O) groups excluding carboxylic acids is 1. The number of hydrogen-bond donors (Lipinski definition) is 1. The van der Waals surface area contributed by atoms with Gasteiger partial charge >= 0.3 is 0 Å². The molecular formula is C13H26N2O2. The van der Waals surface area contributed by atoms with Crippen molar-refractivity contribution >= 4 is 5.91 Å². The zero-order valence-electron chi connectivity index (χ0n) is 11.2. The van der Waals surface area contributed by atoms with Crippen LogP contribution in [0.3, 0.4) is 0 Å². The molecule has 1 amide bonds. The van der Waals surface area contributed by atoms with Crippen molar-refractivity contribution in [2.45, 2.75) is 52.1 Å². The lowest BCUT2D eigenvalue weighted by Gasteiger charge is -2.23. The highest BCUT2D eigenvalue weighted by Gasteiger charge is 2.28. The lowest BCUT2D eigenvalue weighted by Crippen LogP contribution is -2.38. The average molecular weight is 242 g/mol. The summed E-state index contributed by atoms with van der Waals surface area (Å²) in [7, 11) is 0. The maximum absolute atomic E-state index is 11.6. The van der Waals surface area contributed by atoms with Crippen LogP contribution < -0.4 is 5.32 Å². The molecule has 0 spiro atoms. The third-order valence-corrected chi connectivity index (χ3v) is 3.08. The molecule has 0 saturated carbocycles. The summed E-state index contributed by atoms with van der Waals surface area (Å²) in [5, 5.41) is 3.25. The number of amides is 1. The Morgan fingerprint density at radius 1 is 1.29 bits per heavy atom. The van der Waals surface area contributed by atoms with Crippen molar-refractivity contribution < 1.29 is 9.53 Å². The minimum atomic E-state index is 0.233. The summed E-state index contributed by atoms with van der Waals surface area (Å²) in [6, 6.07) is 0. The fraction of sp³-hybridized carbons (Fsp3) is 0.923. The van der Waals surface area contributed by atoms with Crippen LogP contribution in [-0.4, -0.2) is 43.3 Å². The van der Waals surface area contributed by atoms with Crippen LogP contribution in [0.25, 0.3) is 0 Å². The van der Waals surface area contributed by atoms with Crippen molar-refractivity contribution in [3.8, 4) is 0 Å². The molecule has 1 N–H and O–H groups in total. The first-order valence-corrected chi connectivity index (χ1v) is 6.90. The highest BCUT2D eigenvalue weighted by molar-refractivity contribution is 5.80. The topological polar surface area (TPSA) is 41.6 Å². The molecule has 1 aliphatic rings. The predicted molar refractivity (Wildman–Crippen MR) is 68.8 cm³/mol. The van der Waals surface area contributed by atoms with E-state index in [9.17, 15) is 4.79 Å². The molecule has 1 atom stereocenters. The Morgan fingerprint density at radius 2 is 2.06 bits per heavy atom. The second kappa shape index (κ2) is 8.48. The number of nitrogens with zero attached hydrogens (tertiary/aromatic N) is 1. The van der Waals surface area contributed by atoms with E-state index in [0.29, 0.717) is 6.54 Å². The van der Waals surface area contributed by atoms with Crippen LogP contribution in [-0.2, 0) is 9.53 Å². The first-order chi connectivity index (χ1) is 8.29. The molecule has 4 heteroatoms. The fourth-order valence-corrected chi connectivity index (χ4v) is 2.09. The molecule has 0 aromatic carbocycles. The molecule has 0 bridgehead atoms. The van der Waals surface area contributed by atoms with Crippen LogP contribution in [0.2, 0.25) is 0 Å². The van der Waals surface area contributed by atoms with Crippen LogP contribution in [0.15, 0.2) is 0 Å². The molecule has 1 unspecified atom stereocenters. The first-order valence-electron chi connectivity index (χ1n) is 6.90. The summed E-state index contributed by atoms with van der Waals surface area (Å²) in [6.07, 6.45) is 5.65. The van der Waals surface area contributed by atoms with E-state index < -0.39 is 0 Å². The van der Waals surface area contributed by atoms with Gasteiger partial charge in [0.1, 0.15) is 0 Å². The molecule has 1 fully saturated rings. The molecule has 0 aliphatic carbocycles. The minimum Gasteiger partial charge on any atom is -0.381 e. The molecule has 100 valence electrons. The Kier molecular flexibility index (Phi) is 7.21. The van der Waals surface area contributed by atoms with Crippen LogP contribution in [0.5, 0.6) is 0 Å². The number of carbonyl (C=O) groups is 1. The third-order valence-electron chi connectivity index (χ3n) is 3.08. The summed E-state index contributed by atoms with van der Waals surface area (Å²) in [5.41, 5.74) is 0.